The topological polar surface area (TPSA) is 136 Å². The maximum Gasteiger partial charge on any atom is 0.253 e. The normalized spacial score (nSPS) is 13.9. The second kappa shape index (κ2) is 6.21. The SMILES string of the molecule is C=C(C)C(=O)NCCNC(N)(CN)C(N)=O. The van der Waals surface area contributed by atoms with E-state index in [1.54, 1.807) is 6.92 Å². The van der Waals surface area contributed by atoms with Crippen molar-refractivity contribution < 1.29 is 9.59 Å². The van der Waals surface area contributed by atoms with E-state index in [-0.39, 0.29) is 19.0 Å². The van der Waals surface area contributed by atoms with Gasteiger partial charge in [-0.1, -0.05) is 6.58 Å². The van der Waals surface area contributed by atoms with Crippen molar-refractivity contribution in [1.29, 1.82) is 0 Å². The molecule has 0 aliphatic rings. The van der Waals surface area contributed by atoms with E-state index in [0.717, 1.165) is 0 Å². The zero-order valence-electron chi connectivity index (χ0n) is 9.38. The highest BCUT2D eigenvalue weighted by Gasteiger charge is 2.28. The third-order valence-corrected chi connectivity index (χ3v) is 2.00. The molecule has 8 N–H and O–H groups in total. The smallest absolute Gasteiger partial charge is 0.253 e. The molecule has 0 rings (SSSR count). The number of hydrogen-bond acceptors (Lipinski definition) is 5. The van der Waals surface area contributed by atoms with Crippen LogP contribution in [0, 0.1) is 0 Å². The van der Waals surface area contributed by atoms with Gasteiger partial charge in [0.25, 0.3) is 5.91 Å². The lowest BCUT2D eigenvalue weighted by atomic mass is 10.1. The zero-order chi connectivity index (χ0) is 12.8. The highest BCUT2D eigenvalue weighted by molar-refractivity contribution is 5.92. The molecule has 0 aliphatic carbocycles. The minimum Gasteiger partial charge on any atom is -0.367 e. The molecule has 0 spiro atoms. The number of hydrogen-bond donors (Lipinski definition) is 5. The van der Waals surface area contributed by atoms with E-state index in [1.165, 1.54) is 0 Å². The van der Waals surface area contributed by atoms with Gasteiger partial charge in [-0.05, 0) is 6.92 Å². The molecule has 92 valence electrons. The van der Waals surface area contributed by atoms with E-state index in [1.807, 2.05) is 0 Å². The van der Waals surface area contributed by atoms with E-state index < -0.39 is 11.6 Å². The first kappa shape index (κ1) is 14.6. The van der Waals surface area contributed by atoms with Gasteiger partial charge in [-0.25, -0.2) is 0 Å². The summed E-state index contributed by atoms with van der Waals surface area (Å²) < 4.78 is 0. The van der Waals surface area contributed by atoms with Crippen LogP contribution in [0.5, 0.6) is 0 Å². The predicted molar refractivity (Wildman–Crippen MR) is 61.0 cm³/mol. The fourth-order valence-electron chi connectivity index (χ4n) is 0.872. The Morgan fingerprint density at radius 3 is 2.31 bits per heavy atom. The van der Waals surface area contributed by atoms with Crippen molar-refractivity contribution in [2.24, 2.45) is 17.2 Å². The lowest BCUT2D eigenvalue weighted by Crippen LogP contribution is -2.67. The van der Waals surface area contributed by atoms with Crippen molar-refractivity contribution >= 4 is 11.8 Å². The van der Waals surface area contributed by atoms with Gasteiger partial charge in [-0.3, -0.25) is 14.9 Å². The Labute approximate surface area is 94.4 Å². The van der Waals surface area contributed by atoms with Crippen molar-refractivity contribution in [3.05, 3.63) is 12.2 Å². The van der Waals surface area contributed by atoms with Gasteiger partial charge in [-0.2, -0.15) is 0 Å². The van der Waals surface area contributed by atoms with Crippen molar-refractivity contribution in [3.63, 3.8) is 0 Å². The standard InChI is InChI=1S/C9H19N5O2/c1-6(2)7(15)13-3-4-14-9(12,5-10)8(11)16/h14H,1,3-5,10,12H2,2H3,(H2,11,16)(H,13,15). The van der Waals surface area contributed by atoms with Crippen molar-refractivity contribution in [1.82, 2.24) is 10.6 Å². The predicted octanol–water partition coefficient (Wildman–Crippen LogP) is -2.63. The van der Waals surface area contributed by atoms with Gasteiger partial charge in [0.15, 0.2) is 5.66 Å². The summed E-state index contributed by atoms with van der Waals surface area (Å²) in [6.45, 7) is 5.55. The monoisotopic (exact) mass is 229 g/mol. The van der Waals surface area contributed by atoms with Gasteiger partial charge in [0.1, 0.15) is 0 Å². The molecule has 1 unspecified atom stereocenters. The maximum absolute atomic E-state index is 11.1. The van der Waals surface area contributed by atoms with Crippen LogP contribution in [0.2, 0.25) is 0 Å². The molecule has 7 heteroatoms. The van der Waals surface area contributed by atoms with Crippen LogP contribution in [0.25, 0.3) is 0 Å². The summed E-state index contributed by atoms with van der Waals surface area (Å²) in [5, 5.41) is 5.24. The Balaban J connectivity index is 3.94. The van der Waals surface area contributed by atoms with Crippen LogP contribution < -0.4 is 27.8 Å². The van der Waals surface area contributed by atoms with E-state index in [9.17, 15) is 9.59 Å². The molecule has 7 nitrogen and oxygen atoms in total. The number of carbonyl (C=O) groups is 2. The van der Waals surface area contributed by atoms with E-state index in [4.69, 9.17) is 17.2 Å². The Morgan fingerprint density at radius 1 is 1.38 bits per heavy atom. The fraction of sp³-hybridized carbons (Fsp3) is 0.556. The van der Waals surface area contributed by atoms with Crippen molar-refractivity contribution in [2.75, 3.05) is 19.6 Å². The molecule has 16 heavy (non-hydrogen) atoms. The van der Waals surface area contributed by atoms with Crippen LogP contribution in [0.3, 0.4) is 0 Å². The van der Waals surface area contributed by atoms with Gasteiger partial charge in [0, 0.05) is 25.2 Å². The Morgan fingerprint density at radius 2 is 1.94 bits per heavy atom. The van der Waals surface area contributed by atoms with Crippen LogP contribution in [-0.2, 0) is 9.59 Å². The average Bonchev–Trinajstić information content (AvgIpc) is 2.23. The Hall–Kier alpha value is -1.44. The second-order valence-corrected chi connectivity index (χ2v) is 3.50. The molecular weight excluding hydrogens is 210 g/mol. The first-order valence-electron chi connectivity index (χ1n) is 4.81. The Bertz CT molecular complexity index is 292. The quantitative estimate of drug-likeness (QED) is 0.185. The molecule has 0 heterocycles. The molecule has 0 radical (unpaired) electrons. The average molecular weight is 229 g/mol. The van der Waals surface area contributed by atoms with Crippen LogP contribution in [0.15, 0.2) is 12.2 Å². The van der Waals surface area contributed by atoms with E-state index in [0.29, 0.717) is 12.1 Å². The molecule has 0 aromatic heterocycles. The third-order valence-electron chi connectivity index (χ3n) is 2.00. The molecule has 0 bridgehead atoms. The maximum atomic E-state index is 11.1. The molecule has 0 fully saturated rings. The molecule has 0 saturated heterocycles. The summed E-state index contributed by atoms with van der Waals surface area (Å²) in [7, 11) is 0. The summed E-state index contributed by atoms with van der Waals surface area (Å²) in [5.74, 6) is -0.988. The number of amides is 2. The first-order chi connectivity index (χ1) is 7.33. The van der Waals surface area contributed by atoms with Crippen LogP contribution in [0.1, 0.15) is 6.92 Å². The lowest BCUT2D eigenvalue weighted by molar-refractivity contribution is -0.123. The summed E-state index contributed by atoms with van der Waals surface area (Å²) in [5.41, 5.74) is 14.9. The summed E-state index contributed by atoms with van der Waals surface area (Å²) >= 11 is 0. The molecule has 0 aromatic carbocycles. The summed E-state index contributed by atoms with van der Waals surface area (Å²) in [6.07, 6.45) is 0. The summed E-state index contributed by atoms with van der Waals surface area (Å²) in [4.78, 5) is 22.0. The van der Waals surface area contributed by atoms with E-state index >= 15 is 0 Å². The molecule has 2 amide bonds. The molecule has 1 atom stereocenters. The highest BCUT2D eigenvalue weighted by Crippen LogP contribution is 1.90. The summed E-state index contributed by atoms with van der Waals surface area (Å²) in [6, 6.07) is 0. The van der Waals surface area contributed by atoms with Crippen molar-refractivity contribution in [3.8, 4) is 0 Å². The number of primary amides is 1. The van der Waals surface area contributed by atoms with Gasteiger partial charge in [0.05, 0.1) is 0 Å². The molecular formula is C9H19N5O2. The van der Waals surface area contributed by atoms with Crippen LogP contribution in [-0.4, -0.2) is 37.1 Å². The number of carbonyl (C=O) groups excluding carboxylic acids is 2. The Kier molecular flexibility index (Phi) is 5.65. The fourth-order valence-corrected chi connectivity index (χ4v) is 0.872. The van der Waals surface area contributed by atoms with E-state index in [2.05, 4.69) is 17.2 Å². The zero-order valence-corrected chi connectivity index (χ0v) is 9.38. The number of rotatable bonds is 7. The largest absolute Gasteiger partial charge is 0.367 e. The number of nitrogens with one attached hydrogen (secondary N) is 2. The minimum absolute atomic E-state index is 0.114. The van der Waals surface area contributed by atoms with Gasteiger partial charge in [-0.15, -0.1) is 0 Å². The molecule has 0 saturated carbocycles. The van der Waals surface area contributed by atoms with Crippen LogP contribution in [0.4, 0.5) is 0 Å². The molecule has 0 aromatic rings. The van der Waals surface area contributed by atoms with Crippen LogP contribution >= 0.6 is 0 Å². The minimum atomic E-state index is -1.44. The molecule has 0 aliphatic heterocycles. The van der Waals surface area contributed by atoms with Crippen molar-refractivity contribution in [2.45, 2.75) is 12.6 Å². The number of nitrogens with two attached hydrogens (primary N) is 3. The van der Waals surface area contributed by atoms with Gasteiger partial charge >= 0.3 is 0 Å². The second-order valence-electron chi connectivity index (χ2n) is 3.50. The van der Waals surface area contributed by atoms with Gasteiger partial charge in [0.2, 0.25) is 5.91 Å². The van der Waals surface area contributed by atoms with Gasteiger partial charge < -0.3 is 22.5 Å². The lowest BCUT2D eigenvalue weighted by Gasteiger charge is -2.25. The third kappa shape index (κ3) is 4.39. The highest BCUT2D eigenvalue weighted by atomic mass is 16.2. The first-order valence-corrected chi connectivity index (χ1v) is 4.81.